The first kappa shape index (κ1) is 8.73. The van der Waals surface area contributed by atoms with Crippen LogP contribution in [-0.4, -0.2) is 10.7 Å². The first-order chi connectivity index (χ1) is 5.65. The van der Waals surface area contributed by atoms with E-state index >= 15 is 0 Å². The highest BCUT2D eigenvalue weighted by Gasteiger charge is 2.01. The van der Waals surface area contributed by atoms with Crippen LogP contribution in [0.2, 0.25) is 0 Å². The molecule has 0 aliphatic heterocycles. The Bertz CT molecular complexity index is 285. The Balaban J connectivity index is 2.82. The van der Waals surface area contributed by atoms with Gasteiger partial charge >= 0.3 is 0 Å². The summed E-state index contributed by atoms with van der Waals surface area (Å²) in [7, 11) is 0. The molecular formula is C10H14N2. The largest absolute Gasteiger partial charge is 0.311 e. The van der Waals surface area contributed by atoms with Crippen LogP contribution in [0.15, 0.2) is 12.1 Å². The molecule has 0 aliphatic carbocycles. The smallest absolute Gasteiger partial charge is 0.0997 e. The van der Waals surface area contributed by atoms with Crippen molar-refractivity contribution >= 4 is 0 Å². The van der Waals surface area contributed by atoms with Gasteiger partial charge in [-0.3, -0.25) is 4.68 Å². The normalized spacial score (nSPS) is 12.2. The standard InChI is InChI=1S/C10H14N2/c1-5-8(2)11-12-9(3)6-7-10(12)4/h1,6-8,11H,2-4H3. The third kappa shape index (κ3) is 1.62. The molecule has 0 saturated heterocycles. The van der Waals surface area contributed by atoms with Crippen molar-refractivity contribution in [2.24, 2.45) is 0 Å². The average molecular weight is 162 g/mol. The van der Waals surface area contributed by atoms with Crippen molar-refractivity contribution in [3.05, 3.63) is 23.5 Å². The van der Waals surface area contributed by atoms with Crippen LogP contribution in [0.3, 0.4) is 0 Å². The van der Waals surface area contributed by atoms with Crippen molar-refractivity contribution in [2.45, 2.75) is 26.8 Å². The molecule has 12 heavy (non-hydrogen) atoms. The van der Waals surface area contributed by atoms with Crippen LogP contribution in [0.5, 0.6) is 0 Å². The molecule has 1 atom stereocenters. The van der Waals surface area contributed by atoms with E-state index < -0.39 is 0 Å². The molecule has 1 aromatic heterocycles. The van der Waals surface area contributed by atoms with E-state index in [9.17, 15) is 0 Å². The fraction of sp³-hybridized carbons (Fsp3) is 0.400. The number of rotatable bonds is 2. The Labute approximate surface area is 73.6 Å². The molecule has 0 radical (unpaired) electrons. The zero-order valence-electron chi connectivity index (χ0n) is 7.76. The molecule has 1 aromatic rings. The molecule has 0 fully saturated rings. The third-order valence-corrected chi connectivity index (χ3v) is 1.84. The van der Waals surface area contributed by atoms with E-state index in [0.29, 0.717) is 0 Å². The van der Waals surface area contributed by atoms with Gasteiger partial charge in [-0.05, 0) is 32.9 Å². The Morgan fingerprint density at radius 3 is 2.33 bits per heavy atom. The lowest BCUT2D eigenvalue weighted by Crippen LogP contribution is -2.25. The Kier molecular flexibility index (Phi) is 2.44. The first-order valence-electron chi connectivity index (χ1n) is 4.02. The molecular weight excluding hydrogens is 148 g/mol. The van der Waals surface area contributed by atoms with Gasteiger partial charge in [-0.1, -0.05) is 5.92 Å². The van der Waals surface area contributed by atoms with E-state index in [4.69, 9.17) is 6.42 Å². The lowest BCUT2D eigenvalue weighted by atomic mass is 10.4. The van der Waals surface area contributed by atoms with E-state index in [0.717, 1.165) is 0 Å². The molecule has 0 saturated carbocycles. The molecule has 0 spiro atoms. The second-order valence-electron chi connectivity index (χ2n) is 2.97. The number of nitrogens with one attached hydrogen (secondary N) is 1. The number of hydrogen-bond donors (Lipinski definition) is 1. The van der Waals surface area contributed by atoms with Crippen molar-refractivity contribution in [1.29, 1.82) is 0 Å². The minimum atomic E-state index is 0.0646. The van der Waals surface area contributed by atoms with Crippen molar-refractivity contribution in [3.8, 4) is 12.3 Å². The summed E-state index contributed by atoms with van der Waals surface area (Å²) in [5.41, 5.74) is 5.54. The predicted molar refractivity (Wildman–Crippen MR) is 51.6 cm³/mol. The number of aryl methyl sites for hydroxylation is 2. The van der Waals surface area contributed by atoms with Gasteiger partial charge in [-0.2, -0.15) is 0 Å². The quantitative estimate of drug-likeness (QED) is 0.654. The number of terminal acetylenes is 1. The number of hydrogen-bond acceptors (Lipinski definition) is 1. The van der Waals surface area contributed by atoms with Gasteiger partial charge in [0.25, 0.3) is 0 Å². The summed E-state index contributed by atoms with van der Waals surface area (Å²) in [6, 6.07) is 4.19. The lowest BCUT2D eigenvalue weighted by molar-refractivity contribution is 0.760. The summed E-state index contributed by atoms with van der Waals surface area (Å²) in [5, 5.41) is 0. The highest BCUT2D eigenvalue weighted by atomic mass is 15.4. The monoisotopic (exact) mass is 162 g/mol. The van der Waals surface area contributed by atoms with Crippen molar-refractivity contribution < 1.29 is 0 Å². The number of aromatic nitrogens is 1. The minimum Gasteiger partial charge on any atom is -0.311 e. The maximum atomic E-state index is 5.26. The summed E-state index contributed by atoms with van der Waals surface area (Å²) in [4.78, 5) is 0. The summed E-state index contributed by atoms with van der Waals surface area (Å²) >= 11 is 0. The van der Waals surface area contributed by atoms with Gasteiger partial charge in [0.15, 0.2) is 0 Å². The Hall–Kier alpha value is -1.36. The summed E-state index contributed by atoms with van der Waals surface area (Å²) in [6.07, 6.45) is 5.26. The minimum absolute atomic E-state index is 0.0646. The average Bonchev–Trinajstić information content (AvgIpc) is 2.35. The lowest BCUT2D eigenvalue weighted by Gasteiger charge is -2.14. The van der Waals surface area contributed by atoms with E-state index in [1.54, 1.807) is 0 Å². The van der Waals surface area contributed by atoms with Gasteiger partial charge in [-0.25, -0.2) is 0 Å². The topological polar surface area (TPSA) is 17.0 Å². The van der Waals surface area contributed by atoms with Crippen molar-refractivity contribution in [3.63, 3.8) is 0 Å². The fourth-order valence-corrected chi connectivity index (χ4v) is 1.10. The zero-order valence-corrected chi connectivity index (χ0v) is 7.76. The third-order valence-electron chi connectivity index (χ3n) is 1.84. The zero-order chi connectivity index (χ0) is 9.14. The Morgan fingerprint density at radius 1 is 1.42 bits per heavy atom. The molecule has 64 valence electrons. The summed E-state index contributed by atoms with van der Waals surface area (Å²) < 4.78 is 2.00. The van der Waals surface area contributed by atoms with Crippen LogP contribution in [0.1, 0.15) is 18.3 Å². The van der Waals surface area contributed by atoms with Crippen LogP contribution >= 0.6 is 0 Å². The molecule has 2 nitrogen and oxygen atoms in total. The highest BCUT2D eigenvalue weighted by Crippen LogP contribution is 2.04. The van der Waals surface area contributed by atoms with Gasteiger partial charge < -0.3 is 5.43 Å². The van der Waals surface area contributed by atoms with Crippen LogP contribution < -0.4 is 5.43 Å². The fourth-order valence-electron chi connectivity index (χ4n) is 1.10. The maximum Gasteiger partial charge on any atom is 0.0997 e. The van der Waals surface area contributed by atoms with E-state index in [2.05, 4.69) is 23.5 Å². The second kappa shape index (κ2) is 3.36. The van der Waals surface area contributed by atoms with Crippen LogP contribution in [-0.2, 0) is 0 Å². The molecule has 1 unspecified atom stereocenters. The molecule has 2 heteroatoms. The molecule has 0 bridgehead atoms. The van der Waals surface area contributed by atoms with Crippen LogP contribution in [0.4, 0.5) is 0 Å². The molecule has 1 rings (SSSR count). The predicted octanol–water partition coefficient (Wildman–Crippen LogP) is 1.67. The molecule has 0 amide bonds. The van der Waals surface area contributed by atoms with Crippen LogP contribution in [0, 0.1) is 26.2 Å². The molecule has 0 aromatic carbocycles. The first-order valence-corrected chi connectivity index (χ1v) is 4.02. The summed E-state index contributed by atoms with van der Waals surface area (Å²) in [6.45, 7) is 6.05. The van der Waals surface area contributed by atoms with E-state index in [-0.39, 0.29) is 6.04 Å². The van der Waals surface area contributed by atoms with Gasteiger partial charge in [0.05, 0.1) is 6.04 Å². The highest BCUT2D eigenvalue weighted by molar-refractivity contribution is 5.17. The second-order valence-corrected chi connectivity index (χ2v) is 2.97. The maximum absolute atomic E-state index is 5.26. The van der Waals surface area contributed by atoms with Gasteiger partial charge in [0.1, 0.15) is 0 Å². The van der Waals surface area contributed by atoms with Crippen molar-refractivity contribution in [1.82, 2.24) is 4.68 Å². The van der Waals surface area contributed by atoms with Crippen molar-refractivity contribution in [2.75, 3.05) is 5.43 Å². The number of nitrogens with zero attached hydrogens (tertiary/aromatic N) is 1. The Morgan fingerprint density at radius 2 is 1.92 bits per heavy atom. The van der Waals surface area contributed by atoms with Crippen LogP contribution in [0.25, 0.3) is 0 Å². The summed E-state index contributed by atoms with van der Waals surface area (Å²) in [5.74, 6) is 2.63. The molecule has 1 N–H and O–H groups in total. The van der Waals surface area contributed by atoms with Gasteiger partial charge in [0.2, 0.25) is 0 Å². The van der Waals surface area contributed by atoms with Gasteiger partial charge in [-0.15, -0.1) is 6.42 Å². The van der Waals surface area contributed by atoms with E-state index in [1.807, 2.05) is 25.4 Å². The SMILES string of the molecule is C#CC(C)Nn1c(C)ccc1C. The molecule has 0 aliphatic rings. The van der Waals surface area contributed by atoms with E-state index in [1.165, 1.54) is 11.4 Å². The molecule has 1 heterocycles. The van der Waals surface area contributed by atoms with Gasteiger partial charge in [0, 0.05) is 11.4 Å².